The van der Waals surface area contributed by atoms with Gasteiger partial charge in [-0.15, -0.1) is 0 Å². The number of rotatable bonds is 3. The molecule has 178 valence electrons. The standard InChI is InChI=1S/C21H15F3N2O7S/c1-2-20(29)12-8-14-16-11(7-10-5-3-4-6-13(10)25-16)9-26(14)17(27)15(12)18(32-19(20)28)33-34(30,31)21(22,23)24/h3-8,18,29H,2,9H2,1H3/t18?,20-/m0/s1. The Labute approximate surface area is 189 Å². The minimum absolute atomic E-state index is 0.0220. The smallest absolute Gasteiger partial charge is 0.427 e. The lowest BCUT2D eigenvalue weighted by Gasteiger charge is -2.35. The van der Waals surface area contributed by atoms with Crippen molar-refractivity contribution in [2.24, 2.45) is 0 Å². The van der Waals surface area contributed by atoms with Crippen molar-refractivity contribution >= 4 is 27.0 Å². The second-order valence-electron chi connectivity index (χ2n) is 7.88. The molecule has 2 aliphatic rings. The molecule has 1 unspecified atom stereocenters. The third-order valence-corrected chi connectivity index (χ3v) is 6.95. The molecular weight excluding hydrogens is 481 g/mol. The summed E-state index contributed by atoms with van der Waals surface area (Å²) >= 11 is 0. The van der Waals surface area contributed by atoms with E-state index in [1.807, 2.05) is 6.07 Å². The van der Waals surface area contributed by atoms with Crippen LogP contribution < -0.4 is 5.56 Å². The molecule has 0 amide bonds. The van der Waals surface area contributed by atoms with E-state index in [0.29, 0.717) is 16.8 Å². The molecule has 4 heterocycles. The van der Waals surface area contributed by atoms with Gasteiger partial charge in [0.25, 0.3) is 11.8 Å². The van der Waals surface area contributed by atoms with E-state index in [-0.39, 0.29) is 18.7 Å². The summed E-state index contributed by atoms with van der Waals surface area (Å²) in [5.74, 6) is -1.45. The molecule has 0 bridgehead atoms. The maximum atomic E-state index is 13.4. The Kier molecular flexibility index (Phi) is 4.70. The van der Waals surface area contributed by atoms with Crippen molar-refractivity contribution < 1.29 is 40.4 Å². The molecule has 3 aromatic rings. The van der Waals surface area contributed by atoms with E-state index in [0.717, 1.165) is 9.95 Å². The van der Waals surface area contributed by atoms with Crippen LogP contribution in [0.5, 0.6) is 0 Å². The first-order chi connectivity index (χ1) is 15.9. The van der Waals surface area contributed by atoms with Crippen LogP contribution in [0.25, 0.3) is 22.3 Å². The zero-order valence-corrected chi connectivity index (χ0v) is 18.1. The number of alkyl halides is 3. The van der Waals surface area contributed by atoms with Crippen LogP contribution in [0.1, 0.15) is 36.3 Å². The summed E-state index contributed by atoms with van der Waals surface area (Å²) in [6.07, 6.45) is -2.83. The fourth-order valence-corrected chi connectivity index (χ4v) is 4.67. The molecule has 34 heavy (non-hydrogen) atoms. The third kappa shape index (κ3) is 3.07. The quantitative estimate of drug-likeness (QED) is 0.261. The minimum Gasteiger partial charge on any atom is -0.427 e. The lowest BCUT2D eigenvalue weighted by molar-refractivity contribution is -0.196. The number of ether oxygens (including phenoxy) is 1. The molecule has 2 aliphatic heterocycles. The Hall–Kier alpha value is -3.29. The number of fused-ring (bicyclic) bond motifs is 5. The highest BCUT2D eigenvalue weighted by atomic mass is 32.2. The van der Waals surface area contributed by atoms with Gasteiger partial charge in [-0.05, 0) is 24.6 Å². The summed E-state index contributed by atoms with van der Waals surface area (Å²) in [5.41, 5.74) is -8.49. The fraction of sp³-hybridized carbons (Fsp3) is 0.286. The lowest BCUT2D eigenvalue weighted by Crippen LogP contribution is -2.47. The first-order valence-electron chi connectivity index (χ1n) is 9.97. The fourth-order valence-electron chi connectivity index (χ4n) is 4.19. The molecule has 2 atom stereocenters. The molecule has 5 rings (SSSR count). The molecule has 0 spiro atoms. The van der Waals surface area contributed by atoms with Gasteiger partial charge >= 0.3 is 21.6 Å². The van der Waals surface area contributed by atoms with Gasteiger partial charge in [0, 0.05) is 16.5 Å². The number of hydrogen-bond acceptors (Lipinski definition) is 8. The maximum Gasteiger partial charge on any atom is 0.523 e. The first kappa shape index (κ1) is 22.5. The summed E-state index contributed by atoms with van der Waals surface area (Å²) in [7, 11) is -6.24. The van der Waals surface area contributed by atoms with Crippen LogP contribution >= 0.6 is 0 Å². The van der Waals surface area contributed by atoms with Gasteiger partial charge in [0.15, 0.2) is 5.60 Å². The van der Waals surface area contributed by atoms with Crippen LogP contribution in [0.15, 0.2) is 41.2 Å². The Balaban J connectivity index is 1.75. The summed E-state index contributed by atoms with van der Waals surface area (Å²) in [6.45, 7) is 1.37. The van der Waals surface area contributed by atoms with Crippen molar-refractivity contribution in [3.63, 3.8) is 0 Å². The molecule has 0 saturated heterocycles. The zero-order valence-electron chi connectivity index (χ0n) is 17.3. The van der Waals surface area contributed by atoms with Crippen molar-refractivity contribution in [1.82, 2.24) is 9.55 Å². The van der Waals surface area contributed by atoms with Crippen LogP contribution in [0.3, 0.4) is 0 Å². The zero-order chi connectivity index (χ0) is 24.6. The van der Waals surface area contributed by atoms with Crippen molar-refractivity contribution in [2.75, 3.05) is 0 Å². The molecule has 0 radical (unpaired) electrons. The number of para-hydroxylation sites is 1. The maximum absolute atomic E-state index is 13.4. The number of halogens is 3. The predicted octanol–water partition coefficient (Wildman–Crippen LogP) is 2.44. The number of pyridine rings is 2. The minimum atomic E-state index is -6.24. The number of benzene rings is 1. The Bertz CT molecular complexity index is 1550. The molecule has 0 aliphatic carbocycles. The highest BCUT2D eigenvalue weighted by Crippen LogP contribution is 2.43. The van der Waals surface area contributed by atoms with Gasteiger partial charge in [-0.1, -0.05) is 25.1 Å². The summed E-state index contributed by atoms with van der Waals surface area (Å²) in [6, 6.07) is 10.2. The van der Waals surface area contributed by atoms with Crippen LogP contribution in [-0.2, 0) is 36.0 Å². The van der Waals surface area contributed by atoms with E-state index in [1.165, 1.54) is 13.0 Å². The number of cyclic esters (lactones) is 1. The number of aliphatic hydroxyl groups is 1. The molecule has 2 aromatic heterocycles. The van der Waals surface area contributed by atoms with Gasteiger partial charge in [0.05, 0.1) is 29.0 Å². The van der Waals surface area contributed by atoms with Gasteiger partial charge in [0.2, 0.25) is 0 Å². The largest absolute Gasteiger partial charge is 0.523 e. The summed E-state index contributed by atoms with van der Waals surface area (Å²) in [4.78, 5) is 30.5. The second kappa shape index (κ2) is 7.10. The topological polar surface area (TPSA) is 125 Å². The SMILES string of the molecule is CC[C@@]1(O)C(=O)OC(OS(=O)(=O)C(F)(F)F)c2c1cc1n(c2=O)Cc2cc3ccccc3nc2-1. The summed E-state index contributed by atoms with van der Waals surface area (Å²) in [5, 5.41) is 11.8. The predicted molar refractivity (Wildman–Crippen MR) is 110 cm³/mol. The van der Waals surface area contributed by atoms with Crippen molar-refractivity contribution in [3.8, 4) is 11.4 Å². The highest BCUT2D eigenvalue weighted by molar-refractivity contribution is 7.87. The molecule has 0 saturated carbocycles. The van der Waals surface area contributed by atoms with Gasteiger partial charge in [0.1, 0.15) is 0 Å². The monoisotopic (exact) mass is 496 g/mol. The number of carbonyl (C=O) groups excluding carboxylic acids is 1. The van der Waals surface area contributed by atoms with Crippen LogP contribution in [0.4, 0.5) is 13.2 Å². The van der Waals surface area contributed by atoms with E-state index in [2.05, 4.69) is 9.17 Å². The van der Waals surface area contributed by atoms with Gasteiger partial charge in [-0.25, -0.2) is 14.0 Å². The van der Waals surface area contributed by atoms with Crippen LogP contribution in [0.2, 0.25) is 0 Å². The van der Waals surface area contributed by atoms with Gasteiger partial charge in [-0.2, -0.15) is 21.6 Å². The second-order valence-corrected chi connectivity index (χ2v) is 9.45. The number of nitrogens with zero attached hydrogens (tertiary/aromatic N) is 2. The van der Waals surface area contributed by atoms with E-state index in [1.54, 1.807) is 24.3 Å². The number of hydrogen-bond donors (Lipinski definition) is 1. The molecule has 13 heteroatoms. The van der Waals surface area contributed by atoms with E-state index in [4.69, 9.17) is 4.74 Å². The normalized spacial score (nSPS) is 21.7. The summed E-state index contributed by atoms with van der Waals surface area (Å²) < 4.78 is 72.0. The average molecular weight is 496 g/mol. The molecule has 1 aromatic carbocycles. The Morgan fingerprint density at radius 3 is 2.65 bits per heavy atom. The van der Waals surface area contributed by atoms with Crippen molar-refractivity contribution in [3.05, 3.63) is 63.4 Å². The third-order valence-electron chi connectivity index (χ3n) is 5.95. The Morgan fingerprint density at radius 2 is 1.97 bits per heavy atom. The van der Waals surface area contributed by atoms with E-state index < -0.39 is 50.2 Å². The van der Waals surface area contributed by atoms with Gasteiger partial charge < -0.3 is 14.4 Å². The number of aromatic nitrogens is 2. The highest BCUT2D eigenvalue weighted by Gasteiger charge is 2.54. The number of carbonyl (C=O) groups is 1. The molecule has 1 N–H and O–H groups in total. The first-order valence-corrected chi connectivity index (χ1v) is 11.4. The molecular formula is C21H15F3N2O7S. The van der Waals surface area contributed by atoms with Crippen LogP contribution in [-0.4, -0.2) is 34.6 Å². The van der Waals surface area contributed by atoms with Crippen molar-refractivity contribution in [1.29, 1.82) is 0 Å². The van der Waals surface area contributed by atoms with E-state index in [9.17, 15) is 36.3 Å². The average Bonchev–Trinajstić information content (AvgIpc) is 3.12. The van der Waals surface area contributed by atoms with Crippen molar-refractivity contribution in [2.45, 2.75) is 37.3 Å². The lowest BCUT2D eigenvalue weighted by atomic mass is 9.85. The molecule has 0 fully saturated rings. The van der Waals surface area contributed by atoms with Crippen LogP contribution in [0, 0.1) is 0 Å². The van der Waals surface area contributed by atoms with E-state index >= 15 is 0 Å². The molecule has 9 nitrogen and oxygen atoms in total. The Morgan fingerprint density at radius 1 is 1.26 bits per heavy atom. The van der Waals surface area contributed by atoms with Gasteiger partial charge in [-0.3, -0.25) is 4.79 Å². The number of esters is 1.